The SMILES string of the molecule is CCC(CC)COc1cc(OC)ccc1CNCC(C)C. The minimum atomic E-state index is 0.618. The predicted octanol–water partition coefficient (Wildman–Crippen LogP) is 4.26. The van der Waals surface area contributed by atoms with Crippen LogP contribution in [0.2, 0.25) is 0 Å². The molecule has 0 amide bonds. The van der Waals surface area contributed by atoms with E-state index in [2.05, 4.69) is 39.1 Å². The van der Waals surface area contributed by atoms with Gasteiger partial charge in [-0.2, -0.15) is 0 Å². The first kappa shape index (κ1) is 17.8. The molecule has 0 aliphatic rings. The van der Waals surface area contributed by atoms with Gasteiger partial charge in [-0.05, 0) is 24.4 Å². The molecule has 0 heterocycles. The van der Waals surface area contributed by atoms with E-state index < -0.39 is 0 Å². The average Bonchev–Trinajstić information content (AvgIpc) is 2.49. The predicted molar refractivity (Wildman–Crippen MR) is 89.1 cm³/mol. The molecule has 0 aliphatic heterocycles. The molecule has 0 atom stereocenters. The zero-order chi connectivity index (χ0) is 15.7. The largest absolute Gasteiger partial charge is 0.497 e. The summed E-state index contributed by atoms with van der Waals surface area (Å²) in [5.74, 6) is 3.06. The minimum Gasteiger partial charge on any atom is -0.497 e. The molecule has 0 unspecified atom stereocenters. The number of methoxy groups -OCH3 is 1. The molecule has 1 N–H and O–H groups in total. The highest BCUT2D eigenvalue weighted by Gasteiger charge is 2.09. The summed E-state index contributed by atoms with van der Waals surface area (Å²) in [7, 11) is 1.69. The van der Waals surface area contributed by atoms with Crippen LogP contribution in [0.25, 0.3) is 0 Å². The van der Waals surface area contributed by atoms with Gasteiger partial charge in [0.15, 0.2) is 0 Å². The standard InChI is InChI=1S/C18H31NO2/c1-6-15(7-2)13-21-18-10-17(20-5)9-8-16(18)12-19-11-14(3)4/h8-10,14-15,19H,6-7,11-13H2,1-5H3. The van der Waals surface area contributed by atoms with Crippen LogP contribution < -0.4 is 14.8 Å². The van der Waals surface area contributed by atoms with E-state index in [0.29, 0.717) is 11.8 Å². The van der Waals surface area contributed by atoms with E-state index >= 15 is 0 Å². The highest BCUT2D eigenvalue weighted by Crippen LogP contribution is 2.26. The zero-order valence-electron chi connectivity index (χ0n) is 14.2. The van der Waals surface area contributed by atoms with Crippen LogP contribution in [0.1, 0.15) is 46.1 Å². The lowest BCUT2D eigenvalue weighted by Crippen LogP contribution is -2.20. The molecule has 0 fully saturated rings. The first-order chi connectivity index (χ1) is 10.1. The first-order valence-electron chi connectivity index (χ1n) is 8.11. The third-order valence-electron chi connectivity index (χ3n) is 3.77. The van der Waals surface area contributed by atoms with Crippen LogP contribution in [0.4, 0.5) is 0 Å². The fourth-order valence-corrected chi connectivity index (χ4v) is 2.17. The first-order valence-corrected chi connectivity index (χ1v) is 8.11. The van der Waals surface area contributed by atoms with Crippen molar-refractivity contribution >= 4 is 0 Å². The van der Waals surface area contributed by atoms with Crippen molar-refractivity contribution in [2.24, 2.45) is 11.8 Å². The van der Waals surface area contributed by atoms with Crippen molar-refractivity contribution in [1.29, 1.82) is 0 Å². The molecular formula is C18H31NO2. The van der Waals surface area contributed by atoms with Crippen LogP contribution in [-0.2, 0) is 6.54 Å². The lowest BCUT2D eigenvalue weighted by molar-refractivity contribution is 0.237. The van der Waals surface area contributed by atoms with Gasteiger partial charge < -0.3 is 14.8 Å². The second kappa shape index (κ2) is 9.67. The molecule has 0 aliphatic carbocycles. The van der Waals surface area contributed by atoms with Crippen LogP contribution in [0.15, 0.2) is 18.2 Å². The molecule has 0 saturated heterocycles. The van der Waals surface area contributed by atoms with Crippen molar-refractivity contribution in [1.82, 2.24) is 5.32 Å². The van der Waals surface area contributed by atoms with Crippen LogP contribution in [0.5, 0.6) is 11.5 Å². The highest BCUT2D eigenvalue weighted by molar-refractivity contribution is 5.40. The van der Waals surface area contributed by atoms with Gasteiger partial charge in [0, 0.05) is 18.2 Å². The third kappa shape index (κ3) is 6.38. The van der Waals surface area contributed by atoms with Gasteiger partial charge in [0.1, 0.15) is 11.5 Å². The van der Waals surface area contributed by atoms with E-state index in [4.69, 9.17) is 9.47 Å². The Bertz CT molecular complexity index is 400. The van der Waals surface area contributed by atoms with Gasteiger partial charge in [0.25, 0.3) is 0 Å². The van der Waals surface area contributed by atoms with E-state index in [1.165, 1.54) is 5.56 Å². The highest BCUT2D eigenvalue weighted by atomic mass is 16.5. The summed E-state index contributed by atoms with van der Waals surface area (Å²) in [6, 6.07) is 6.08. The summed E-state index contributed by atoms with van der Waals surface area (Å²) < 4.78 is 11.4. The maximum Gasteiger partial charge on any atom is 0.127 e. The number of benzene rings is 1. The Labute approximate surface area is 130 Å². The Kier molecular flexibility index (Phi) is 8.21. The van der Waals surface area contributed by atoms with Crippen molar-refractivity contribution in [3.8, 4) is 11.5 Å². The molecule has 1 aromatic carbocycles. The lowest BCUT2D eigenvalue weighted by Gasteiger charge is -2.17. The Morgan fingerprint density at radius 2 is 1.86 bits per heavy atom. The normalized spacial score (nSPS) is 11.2. The van der Waals surface area contributed by atoms with E-state index in [-0.39, 0.29) is 0 Å². The quantitative estimate of drug-likeness (QED) is 0.699. The number of hydrogen-bond donors (Lipinski definition) is 1. The molecule has 120 valence electrons. The Balaban J connectivity index is 2.71. The van der Waals surface area contributed by atoms with E-state index in [1.807, 2.05) is 12.1 Å². The second-order valence-corrected chi connectivity index (χ2v) is 5.99. The van der Waals surface area contributed by atoms with Crippen molar-refractivity contribution in [2.45, 2.75) is 47.1 Å². The fourth-order valence-electron chi connectivity index (χ4n) is 2.17. The zero-order valence-corrected chi connectivity index (χ0v) is 14.2. The molecule has 0 bridgehead atoms. The lowest BCUT2D eigenvalue weighted by atomic mass is 10.1. The van der Waals surface area contributed by atoms with Crippen LogP contribution in [0.3, 0.4) is 0 Å². The van der Waals surface area contributed by atoms with E-state index in [9.17, 15) is 0 Å². The summed E-state index contributed by atoms with van der Waals surface area (Å²) in [4.78, 5) is 0. The second-order valence-electron chi connectivity index (χ2n) is 5.99. The Morgan fingerprint density at radius 1 is 1.14 bits per heavy atom. The van der Waals surface area contributed by atoms with E-state index in [0.717, 1.165) is 44.0 Å². The fraction of sp³-hybridized carbons (Fsp3) is 0.667. The minimum absolute atomic E-state index is 0.618. The van der Waals surface area contributed by atoms with Crippen molar-refractivity contribution in [3.05, 3.63) is 23.8 Å². The van der Waals surface area contributed by atoms with Gasteiger partial charge in [-0.25, -0.2) is 0 Å². The molecule has 0 spiro atoms. The number of rotatable bonds is 10. The van der Waals surface area contributed by atoms with Gasteiger partial charge in [-0.3, -0.25) is 0 Å². The monoisotopic (exact) mass is 293 g/mol. The van der Waals surface area contributed by atoms with Crippen molar-refractivity contribution < 1.29 is 9.47 Å². The summed E-state index contributed by atoms with van der Waals surface area (Å²) in [5.41, 5.74) is 1.20. The molecule has 3 nitrogen and oxygen atoms in total. The molecule has 1 rings (SSSR count). The molecule has 0 aromatic heterocycles. The summed E-state index contributed by atoms with van der Waals surface area (Å²) in [6.45, 7) is 11.5. The van der Waals surface area contributed by atoms with Crippen molar-refractivity contribution in [2.75, 3.05) is 20.3 Å². The molecule has 0 saturated carbocycles. The number of ether oxygens (including phenoxy) is 2. The maximum atomic E-state index is 6.06. The molecule has 21 heavy (non-hydrogen) atoms. The molecular weight excluding hydrogens is 262 g/mol. The van der Waals surface area contributed by atoms with Crippen LogP contribution in [-0.4, -0.2) is 20.3 Å². The summed E-state index contributed by atoms with van der Waals surface area (Å²) in [6.07, 6.45) is 2.31. The number of nitrogens with one attached hydrogen (secondary N) is 1. The van der Waals surface area contributed by atoms with E-state index in [1.54, 1.807) is 7.11 Å². The van der Waals surface area contributed by atoms with Crippen molar-refractivity contribution in [3.63, 3.8) is 0 Å². The van der Waals surface area contributed by atoms with Gasteiger partial charge in [-0.15, -0.1) is 0 Å². The van der Waals surface area contributed by atoms with Crippen LogP contribution >= 0.6 is 0 Å². The third-order valence-corrected chi connectivity index (χ3v) is 3.77. The maximum absolute atomic E-state index is 6.06. The Hall–Kier alpha value is -1.22. The smallest absolute Gasteiger partial charge is 0.127 e. The molecule has 0 radical (unpaired) electrons. The van der Waals surface area contributed by atoms with Gasteiger partial charge >= 0.3 is 0 Å². The van der Waals surface area contributed by atoms with Gasteiger partial charge in [0.05, 0.1) is 13.7 Å². The topological polar surface area (TPSA) is 30.5 Å². The molecule has 3 heteroatoms. The summed E-state index contributed by atoms with van der Waals surface area (Å²) >= 11 is 0. The van der Waals surface area contributed by atoms with Crippen LogP contribution in [0, 0.1) is 11.8 Å². The summed E-state index contributed by atoms with van der Waals surface area (Å²) in [5, 5.41) is 3.47. The van der Waals surface area contributed by atoms with Gasteiger partial charge in [-0.1, -0.05) is 46.6 Å². The van der Waals surface area contributed by atoms with Gasteiger partial charge in [0.2, 0.25) is 0 Å². The molecule has 1 aromatic rings. The number of hydrogen-bond acceptors (Lipinski definition) is 3. The Morgan fingerprint density at radius 3 is 2.43 bits per heavy atom. The average molecular weight is 293 g/mol.